The normalized spacial score (nSPS) is 10.6. The molecule has 20 heavy (non-hydrogen) atoms. The molecule has 6 heteroatoms. The van der Waals surface area contributed by atoms with Crippen LogP contribution in [0.1, 0.15) is 30.6 Å². The Hall–Kier alpha value is -2.08. The molecule has 0 radical (unpaired) electrons. The first-order valence-electron chi connectivity index (χ1n) is 6.58. The van der Waals surface area contributed by atoms with Crippen LogP contribution < -0.4 is 15.2 Å². The lowest BCUT2D eigenvalue weighted by Crippen LogP contribution is -2.02. The summed E-state index contributed by atoms with van der Waals surface area (Å²) >= 11 is 0. The Morgan fingerprint density at radius 3 is 2.85 bits per heavy atom. The van der Waals surface area contributed by atoms with Crippen LogP contribution in [0.2, 0.25) is 0 Å². The second kappa shape index (κ2) is 6.91. The van der Waals surface area contributed by atoms with Gasteiger partial charge in [-0.05, 0) is 24.1 Å². The molecular formula is C14H19N3O3. The van der Waals surface area contributed by atoms with Crippen molar-refractivity contribution in [2.45, 2.75) is 32.9 Å². The van der Waals surface area contributed by atoms with E-state index < -0.39 is 0 Å². The largest absolute Gasteiger partial charge is 0.493 e. The van der Waals surface area contributed by atoms with Crippen molar-refractivity contribution < 1.29 is 14.0 Å². The van der Waals surface area contributed by atoms with Crippen molar-refractivity contribution in [2.24, 2.45) is 5.73 Å². The monoisotopic (exact) mass is 277 g/mol. The van der Waals surface area contributed by atoms with E-state index in [0.29, 0.717) is 29.8 Å². The molecule has 0 aliphatic rings. The van der Waals surface area contributed by atoms with Gasteiger partial charge < -0.3 is 19.7 Å². The highest BCUT2D eigenvalue weighted by Crippen LogP contribution is 2.28. The van der Waals surface area contributed by atoms with Crippen LogP contribution in [-0.2, 0) is 19.6 Å². The third kappa shape index (κ3) is 3.48. The molecule has 0 saturated carbocycles. The maximum absolute atomic E-state index is 5.68. The summed E-state index contributed by atoms with van der Waals surface area (Å²) in [5.74, 6) is 2.43. The summed E-state index contributed by atoms with van der Waals surface area (Å²) in [5.41, 5.74) is 6.59. The van der Waals surface area contributed by atoms with Gasteiger partial charge in [-0.2, -0.15) is 4.98 Å². The first-order valence-corrected chi connectivity index (χ1v) is 6.58. The Bertz CT molecular complexity index is 554. The number of methoxy groups -OCH3 is 1. The van der Waals surface area contributed by atoms with Crippen LogP contribution in [0.25, 0.3) is 0 Å². The second-order valence-electron chi connectivity index (χ2n) is 4.33. The van der Waals surface area contributed by atoms with E-state index in [1.54, 1.807) is 7.11 Å². The van der Waals surface area contributed by atoms with Gasteiger partial charge >= 0.3 is 0 Å². The van der Waals surface area contributed by atoms with Crippen molar-refractivity contribution in [2.75, 3.05) is 7.11 Å². The fourth-order valence-electron chi connectivity index (χ4n) is 1.77. The Morgan fingerprint density at radius 2 is 2.15 bits per heavy atom. The van der Waals surface area contributed by atoms with E-state index in [1.165, 1.54) is 0 Å². The van der Waals surface area contributed by atoms with Crippen LogP contribution in [-0.4, -0.2) is 17.3 Å². The molecule has 0 saturated heterocycles. The zero-order valence-corrected chi connectivity index (χ0v) is 11.8. The van der Waals surface area contributed by atoms with Gasteiger partial charge in [-0.3, -0.25) is 0 Å². The lowest BCUT2D eigenvalue weighted by molar-refractivity contribution is 0.268. The second-order valence-corrected chi connectivity index (χ2v) is 4.33. The average molecular weight is 277 g/mol. The number of hydrogen-bond donors (Lipinski definition) is 1. The smallest absolute Gasteiger partial charge is 0.226 e. The summed E-state index contributed by atoms with van der Waals surface area (Å²) in [5, 5.41) is 3.87. The van der Waals surface area contributed by atoms with Gasteiger partial charge in [-0.15, -0.1) is 0 Å². The SMILES string of the molecule is CCCc1nc(COc2cc(CN)ccc2OC)no1. The Labute approximate surface area is 117 Å². The van der Waals surface area contributed by atoms with Crippen LogP contribution in [0, 0.1) is 0 Å². The predicted octanol–water partition coefficient (Wildman–Crippen LogP) is 2.07. The molecule has 1 aromatic heterocycles. The van der Waals surface area contributed by atoms with Gasteiger partial charge in [-0.1, -0.05) is 18.1 Å². The van der Waals surface area contributed by atoms with Gasteiger partial charge in [-0.25, -0.2) is 0 Å². The number of benzene rings is 1. The van der Waals surface area contributed by atoms with E-state index in [2.05, 4.69) is 17.1 Å². The minimum Gasteiger partial charge on any atom is -0.493 e. The number of nitrogens with two attached hydrogens (primary N) is 1. The molecule has 2 N–H and O–H groups in total. The number of rotatable bonds is 7. The Kier molecular flexibility index (Phi) is 4.95. The highest BCUT2D eigenvalue weighted by atomic mass is 16.5. The van der Waals surface area contributed by atoms with Gasteiger partial charge in [0.25, 0.3) is 0 Å². The Morgan fingerprint density at radius 1 is 1.30 bits per heavy atom. The third-order valence-corrected chi connectivity index (χ3v) is 2.79. The standard InChI is InChI=1S/C14H19N3O3/c1-3-4-14-16-13(17-20-14)9-19-12-7-10(8-15)5-6-11(12)18-2/h5-7H,3-4,8-9,15H2,1-2H3. The van der Waals surface area contributed by atoms with Crippen molar-refractivity contribution in [3.63, 3.8) is 0 Å². The van der Waals surface area contributed by atoms with E-state index in [4.69, 9.17) is 19.7 Å². The van der Waals surface area contributed by atoms with E-state index in [-0.39, 0.29) is 6.61 Å². The molecule has 0 fully saturated rings. The topological polar surface area (TPSA) is 83.4 Å². The zero-order chi connectivity index (χ0) is 14.4. The lowest BCUT2D eigenvalue weighted by atomic mass is 10.2. The number of aromatic nitrogens is 2. The molecule has 0 bridgehead atoms. The Balaban J connectivity index is 2.05. The molecule has 0 spiro atoms. The van der Waals surface area contributed by atoms with Crippen molar-refractivity contribution in [1.82, 2.24) is 10.1 Å². The van der Waals surface area contributed by atoms with Gasteiger partial charge in [0.1, 0.15) is 0 Å². The average Bonchev–Trinajstić information content (AvgIpc) is 2.93. The summed E-state index contributed by atoms with van der Waals surface area (Å²) in [7, 11) is 1.60. The van der Waals surface area contributed by atoms with Crippen LogP contribution in [0.5, 0.6) is 11.5 Å². The highest BCUT2D eigenvalue weighted by molar-refractivity contribution is 5.42. The van der Waals surface area contributed by atoms with Gasteiger partial charge in [0.2, 0.25) is 11.7 Å². The number of hydrogen-bond acceptors (Lipinski definition) is 6. The van der Waals surface area contributed by atoms with E-state index in [0.717, 1.165) is 18.4 Å². The van der Waals surface area contributed by atoms with Crippen LogP contribution in [0.3, 0.4) is 0 Å². The highest BCUT2D eigenvalue weighted by Gasteiger charge is 2.09. The molecule has 0 atom stereocenters. The predicted molar refractivity (Wildman–Crippen MR) is 73.5 cm³/mol. The molecule has 2 rings (SSSR count). The molecule has 0 amide bonds. The summed E-state index contributed by atoms with van der Waals surface area (Å²) in [4.78, 5) is 4.24. The molecule has 1 aromatic carbocycles. The number of ether oxygens (including phenoxy) is 2. The van der Waals surface area contributed by atoms with E-state index in [9.17, 15) is 0 Å². The summed E-state index contributed by atoms with van der Waals surface area (Å²) in [6, 6.07) is 5.58. The van der Waals surface area contributed by atoms with Crippen molar-refractivity contribution in [1.29, 1.82) is 0 Å². The molecule has 2 aromatic rings. The molecule has 6 nitrogen and oxygen atoms in total. The van der Waals surface area contributed by atoms with Crippen molar-refractivity contribution >= 4 is 0 Å². The zero-order valence-electron chi connectivity index (χ0n) is 11.8. The van der Waals surface area contributed by atoms with E-state index in [1.807, 2.05) is 18.2 Å². The molecule has 0 unspecified atom stereocenters. The minimum absolute atomic E-state index is 0.234. The fourth-order valence-corrected chi connectivity index (χ4v) is 1.77. The fraction of sp³-hybridized carbons (Fsp3) is 0.429. The lowest BCUT2D eigenvalue weighted by Gasteiger charge is -2.10. The maximum Gasteiger partial charge on any atom is 0.226 e. The molecular weight excluding hydrogens is 258 g/mol. The number of nitrogens with zero attached hydrogens (tertiary/aromatic N) is 2. The maximum atomic E-state index is 5.68. The van der Waals surface area contributed by atoms with Gasteiger partial charge in [0.05, 0.1) is 7.11 Å². The number of aryl methyl sites for hydroxylation is 1. The summed E-state index contributed by atoms with van der Waals surface area (Å²) in [6.45, 7) is 2.74. The first-order chi connectivity index (χ1) is 9.76. The van der Waals surface area contributed by atoms with Crippen LogP contribution in [0.15, 0.2) is 22.7 Å². The van der Waals surface area contributed by atoms with Crippen molar-refractivity contribution in [3.05, 3.63) is 35.5 Å². The third-order valence-electron chi connectivity index (χ3n) is 2.79. The summed E-state index contributed by atoms with van der Waals surface area (Å²) in [6.07, 6.45) is 1.74. The van der Waals surface area contributed by atoms with Gasteiger partial charge in [0, 0.05) is 13.0 Å². The van der Waals surface area contributed by atoms with Gasteiger partial charge in [0.15, 0.2) is 18.1 Å². The van der Waals surface area contributed by atoms with Crippen molar-refractivity contribution in [3.8, 4) is 11.5 Å². The first kappa shape index (κ1) is 14.3. The van der Waals surface area contributed by atoms with Crippen LogP contribution in [0.4, 0.5) is 0 Å². The quantitative estimate of drug-likeness (QED) is 0.834. The molecule has 108 valence electrons. The molecule has 1 heterocycles. The molecule has 0 aliphatic heterocycles. The molecule has 0 aliphatic carbocycles. The minimum atomic E-state index is 0.234. The van der Waals surface area contributed by atoms with Crippen LogP contribution >= 0.6 is 0 Å². The van der Waals surface area contributed by atoms with E-state index >= 15 is 0 Å². The summed E-state index contributed by atoms with van der Waals surface area (Å²) < 4.78 is 16.0.